The van der Waals surface area contributed by atoms with E-state index in [9.17, 15) is 5.11 Å². The maximum atomic E-state index is 9.37. The third kappa shape index (κ3) is 5.57. The first-order valence-electron chi connectivity index (χ1n) is 6.20. The van der Waals surface area contributed by atoms with Crippen LogP contribution in [0.3, 0.4) is 0 Å². The predicted molar refractivity (Wildman–Crippen MR) is 78.4 cm³/mol. The van der Waals surface area contributed by atoms with Crippen molar-refractivity contribution in [3.8, 4) is 0 Å². The third-order valence-corrected chi connectivity index (χ3v) is 4.03. The van der Waals surface area contributed by atoms with Crippen LogP contribution >= 0.6 is 23.4 Å². The van der Waals surface area contributed by atoms with Gasteiger partial charge in [-0.05, 0) is 44.2 Å². The normalized spacial score (nSPS) is 14.4. The smallest absolute Gasteiger partial charge is 0.0960 e. The van der Waals surface area contributed by atoms with Gasteiger partial charge in [0.25, 0.3) is 0 Å². The van der Waals surface area contributed by atoms with E-state index in [4.69, 9.17) is 11.6 Å². The quantitative estimate of drug-likeness (QED) is 0.570. The zero-order valence-corrected chi connectivity index (χ0v) is 12.5. The van der Waals surface area contributed by atoms with Gasteiger partial charge in [-0.2, -0.15) is 0 Å². The second kappa shape index (κ2) is 8.00. The fraction of sp³-hybridized carbons (Fsp3) is 0.615. The van der Waals surface area contributed by atoms with E-state index >= 15 is 0 Å². The average Bonchev–Trinajstić information content (AvgIpc) is 2.37. The monoisotopic (exact) mass is 288 g/mol. The molecule has 0 aliphatic rings. The number of hydrogen-bond donors (Lipinski definition) is 2. The molecule has 0 spiro atoms. The van der Waals surface area contributed by atoms with E-state index in [0.29, 0.717) is 5.02 Å². The number of aliphatic hydroxyl groups excluding tert-OH is 1. The lowest BCUT2D eigenvalue weighted by atomic mass is 9.97. The maximum absolute atomic E-state index is 9.37. The Balaban J connectivity index is 2.27. The lowest BCUT2D eigenvalue weighted by Gasteiger charge is -2.28. The summed E-state index contributed by atoms with van der Waals surface area (Å²) in [7, 11) is 0. The van der Waals surface area contributed by atoms with Gasteiger partial charge in [-0.1, -0.05) is 18.5 Å². The highest BCUT2D eigenvalue weighted by molar-refractivity contribution is 7.99. The van der Waals surface area contributed by atoms with E-state index in [2.05, 4.69) is 24.1 Å². The number of aliphatic hydroxyl groups is 1. The number of pyridine rings is 1. The largest absolute Gasteiger partial charge is 0.394 e. The molecular weight excluding hydrogens is 268 g/mol. The van der Waals surface area contributed by atoms with Gasteiger partial charge in [0, 0.05) is 11.7 Å². The minimum Gasteiger partial charge on any atom is -0.394 e. The second-order valence-corrected chi connectivity index (χ2v) is 6.07. The molecule has 5 heteroatoms. The van der Waals surface area contributed by atoms with E-state index in [-0.39, 0.29) is 12.1 Å². The number of rotatable bonds is 8. The summed E-state index contributed by atoms with van der Waals surface area (Å²) in [5.74, 6) is 0.996. The highest BCUT2D eigenvalue weighted by Gasteiger charge is 2.20. The number of hydrogen-bond acceptors (Lipinski definition) is 4. The van der Waals surface area contributed by atoms with Crippen LogP contribution in [0.15, 0.2) is 23.4 Å². The Hall–Kier alpha value is -0.290. The van der Waals surface area contributed by atoms with Crippen molar-refractivity contribution in [2.45, 2.75) is 37.3 Å². The van der Waals surface area contributed by atoms with Crippen LogP contribution in [0, 0.1) is 0 Å². The van der Waals surface area contributed by atoms with Crippen molar-refractivity contribution in [1.82, 2.24) is 10.3 Å². The SMILES string of the molecule is CCNC(C)(CO)CCCSc1ccc(Cl)cn1. The minimum atomic E-state index is -0.164. The Morgan fingerprint density at radius 3 is 2.83 bits per heavy atom. The summed E-state index contributed by atoms with van der Waals surface area (Å²) >= 11 is 7.50. The minimum absolute atomic E-state index is 0.164. The average molecular weight is 289 g/mol. The van der Waals surface area contributed by atoms with Gasteiger partial charge in [0.15, 0.2) is 0 Å². The predicted octanol–water partition coefficient (Wildman–Crippen LogP) is 2.97. The highest BCUT2D eigenvalue weighted by Crippen LogP contribution is 2.20. The number of halogens is 1. The molecular formula is C13H21ClN2OS. The molecule has 0 aliphatic heterocycles. The van der Waals surface area contributed by atoms with Crippen molar-refractivity contribution < 1.29 is 5.11 Å². The lowest BCUT2D eigenvalue weighted by molar-refractivity contribution is 0.167. The summed E-state index contributed by atoms with van der Waals surface area (Å²) in [5.41, 5.74) is -0.164. The van der Waals surface area contributed by atoms with Crippen LogP contribution in [-0.4, -0.2) is 34.5 Å². The third-order valence-electron chi connectivity index (χ3n) is 2.78. The van der Waals surface area contributed by atoms with Crippen LogP contribution in [0.2, 0.25) is 5.02 Å². The zero-order chi connectivity index (χ0) is 13.4. The van der Waals surface area contributed by atoms with Crippen LogP contribution in [0.25, 0.3) is 0 Å². The van der Waals surface area contributed by atoms with Gasteiger partial charge < -0.3 is 10.4 Å². The molecule has 0 aliphatic carbocycles. The molecule has 1 heterocycles. The molecule has 3 nitrogen and oxygen atoms in total. The number of nitrogens with one attached hydrogen (secondary N) is 1. The second-order valence-electron chi connectivity index (χ2n) is 4.52. The fourth-order valence-corrected chi connectivity index (χ4v) is 2.64. The molecule has 102 valence electrons. The molecule has 0 saturated heterocycles. The first-order valence-corrected chi connectivity index (χ1v) is 7.56. The summed E-state index contributed by atoms with van der Waals surface area (Å²) in [6.45, 7) is 5.16. The van der Waals surface area contributed by atoms with Gasteiger partial charge >= 0.3 is 0 Å². The maximum Gasteiger partial charge on any atom is 0.0960 e. The van der Waals surface area contributed by atoms with Crippen LogP contribution < -0.4 is 5.32 Å². The molecule has 1 aromatic heterocycles. The molecule has 0 saturated carbocycles. The summed E-state index contributed by atoms with van der Waals surface area (Å²) in [5, 5.41) is 14.3. The topological polar surface area (TPSA) is 45.1 Å². The molecule has 2 N–H and O–H groups in total. The summed E-state index contributed by atoms with van der Waals surface area (Å²) < 4.78 is 0. The summed E-state index contributed by atoms with van der Waals surface area (Å²) in [6, 6.07) is 3.79. The molecule has 1 rings (SSSR count). The molecule has 1 atom stereocenters. The first-order chi connectivity index (χ1) is 8.59. The van der Waals surface area contributed by atoms with Crippen molar-refractivity contribution in [3.05, 3.63) is 23.4 Å². The van der Waals surface area contributed by atoms with Crippen molar-refractivity contribution in [3.63, 3.8) is 0 Å². The Labute approximate surface area is 118 Å². The summed E-state index contributed by atoms with van der Waals surface area (Å²) in [6.07, 6.45) is 3.66. The van der Waals surface area contributed by atoms with E-state index in [1.54, 1.807) is 18.0 Å². The Bertz CT molecular complexity index is 347. The molecule has 1 aromatic rings. The van der Waals surface area contributed by atoms with E-state index in [1.807, 2.05) is 12.1 Å². The zero-order valence-electron chi connectivity index (χ0n) is 10.9. The first kappa shape index (κ1) is 15.8. The van der Waals surface area contributed by atoms with Gasteiger partial charge in [-0.3, -0.25) is 0 Å². The highest BCUT2D eigenvalue weighted by atomic mass is 35.5. The Kier molecular flexibility index (Phi) is 7.00. The van der Waals surface area contributed by atoms with Crippen LogP contribution in [-0.2, 0) is 0 Å². The van der Waals surface area contributed by atoms with Gasteiger partial charge in [0.1, 0.15) is 0 Å². The lowest BCUT2D eigenvalue weighted by Crippen LogP contribution is -2.45. The van der Waals surface area contributed by atoms with Gasteiger partial charge in [0.05, 0.1) is 16.7 Å². The van der Waals surface area contributed by atoms with Gasteiger partial charge in [0.2, 0.25) is 0 Å². The summed E-state index contributed by atoms with van der Waals surface area (Å²) in [4.78, 5) is 4.23. The van der Waals surface area contributed by atoms with Crippen molar-refractivity contribution >= 4 is 23.4 Å². The molecule has 0 radical (unpaired) electrons. The van der Waals surface area contributed by atoms with Crippen LogP contribution in [0.4, 0.5) is 0 Å². The Morgan fingerprint density at radius 2 is 2.28 bits per heavy atom. The molecule has 0 bridgehead atoms. The fourth-order valence-electron chi connectivity index (χ4n) is 1.74. The molecule has 1 unspecified atom stereocenters. The molecule has 0 fully saturated rings. The van der Waals surface area contributed by atoms with E-state index < -0.39 is 0 Å². The standard InChI is InChI=1S/C13H21ClN2OS/c1-3-16-13(2,10-17)7-4-8-18-12-6-5-11(14)9-15-12/h5-6,9,16-17H,3-4,7-8,10H2,1-2H3. The van der Waals surface area contributed by atoms with E-state index in [0.717, 1.165) is 30.2 Å². The number of aromatic nitrogens is 1. The van der Waals surface area contributed by atoms with Gasteiger partial charge in [-0.15, -0.1) is 11.8 Å². The number of thioether (sulfide) groups is 1. The van der Waals surface area contributed by atoms with Crippen LogP contribution in [0.5, 0.6) is 0 Å². The Morgan fingerprint density at radius 1 is 1.50 bits per heavy atom. The molecule has 0 amide bonds. The molecule has 18 heavy (non-hydrogen) atoms. The van der Waals surface area contributed by atoms with E-state index in [1.165, 1.54) is 0 Å². The van der Waals surface area contributed by atoms with Crippen molar-refractivity contribution in [2.75, 3.05) is 18.9 Å². The molecule has 0 aromatic carbocycles. The van der Waals surface area contributed by atoms with Gasteiger partial charge in [-0.25, -0.2) is 4.98 Å². The number of likely N-dealkylation sites (N-methyl/N-ethyl adjacent to an activating group) is 1. The van der Waals surface area contributed by atoms with Crippen LogP contribution in [0.1, 0.15) is 26.7 Å². The van der Waals surface area contributed by atoms with Crippen molar-refractivity contribution in [1.29, 1.82) is 0 Å². The number of nitrogens with zero attached hydrogens (tertiary/aromatic N) is 1. The van der Waals surface area contributed by atoms with Crippen molar-refractivity contribution in [2.24, 2.45) is 0 Å².